The molecule has 0 spiro atoms. The van der Waals surface area contributed by atoms with Gasteiger partial charge in [-0.2, -0.15) is 0 Å². The quantitative estimate of drug-likeness (QED) is 0.719. The van der Waals surface area contributed by atoms with Crippen molar-refractivity contribution in [1.82, 2.24) is 9.97 Å². The number of aromatic nitrogens is 3. The molecule has 14 heavy (non-hydrogen) atoms. The van der Waals surface area contributed by atoms with Crippen molar-refractivity contribution in [2.24, 2.45) is 0 Å². The third-order valence-electron chi connectivity index (χ3n) is 1.97. The molecule has 2 aromatic rings. The zero-order valence-electron chi connectivity index (χ0n) is 7.86. The second kappa shape index (κ2) is 3.41. The molecular weight excluding hydrogens is 176 g/mol. The van der Waals surface area contributed by atoms with Gasteiger partial charge >= 0.3 is 5.82 Å². The standard InChI is InChI=1S/C10H10N4/c1-7-8(3-4-9(11)14-7)10-12-5-2-6-13-10/h2-6H,1H3,(H2,11,14)/p+1. The molecule has 0 aliphatic rings. The molecule has 0 saturated heterocycles. The molecule has 2 aromatic heterocycles. The molecule has 2 heterocycles. The molecular formula is C10H11N4+. The molecule has 0 unspecified atom stereocenters. The van der Waals surface area contributed by atoms with E-state index in [1.54, 1.807) is 12.3 Å². The third-order valence-corrected chi connectivity index (χ3v) is 1.97. The van der Waals surface area contributed by atoms with Crippen molar-refractivity contribution in [3.05, 3.63) is 36.3 Å². The molecule has 0 bridgehead atoms. The van der Waals surface area contributed by atoms with Crippen LogP contribution in [0.1, 0.15) is 5.69 Å². The lowest BCUT2D eigenvalue weighted by molar-refractivity contribution is -0.368. The summed E-state index contributed by atoms with van der Waals surface area (Å²) in [6.45, 7) is 1.91. The topological polar surface area (TPSA) is 65.9 Å². The van der Waals surface area contributed by atoms with Crippen molar-refractivity contribution >= 4 is 5.82 Å². The van der Waals surface area contributed by atoms with Gasteiger partial charge in [-0.3, -0.25) is 0 Å². The van der Waals surface area contributed by atoms with Gasteiger partial charge in [-0.15, -0.1) is 0 Å². The lowest BCUT2D eigenvalue weighted by Crippen LogP contribution is -2.09. The van der Waals surface area contributed by atoms with Crippen LogP contribution in [0, 0.1) is 6.92 Å². The Labute approximate surface area is 81.9 Å². The normalized spacial score (nSPS) is 10.1. The van der Waals surface area contributed by atoms with Gasteiger partial charge in [0.25, 0.3) is 0 Å². The van der Waals surface area contributed by atoms with Crippen LogP contribution >= 0.6 is 0 Å². The van der Waals surface area contributed by atoms with E-state index >= 15 is 0 Å². The maximum absolute atomic E-state index is 5.56. The number of aromatic amines is 1. The second-order valence-electron chi connectivity index (χ2n) is 3.00. The van der Waals surface area contributed by atoms with E-state index in [0.717, 1.165) is 17.1 Å². The average molecular weight is 187 g/mol. The highest BCUT2D eigenvalue weighted by atomic mass is 14.9. The number of aryl methyl sites for hydroxylation is 1. The van der Waals surface area contributed by atoms with Crippen LogP contribution in [0.4, 0.5) is 5.82 Å². The number of nitrogens with one attached hydrogen (secondary N) is 1. The Morgan fingerprint density at radius 2 is 2.21 bits per heavy atom. The van der Waals surface area contributed by atoms with Crippen LogP contribution in [0.5, 0.6) is 0 Å². The maximum atomic E-state index is 5.56. The summed E-state index contributed by atoms with van der Waals surface area (Å²) >= 11 is 0. The van der Waals surface area contributed by atoms with Crippen LogP contribution in [-0.4, -0.2) is 9.97 Å². The van der Waals surface area contributed by atoms with Crippen LogP contribution in [-0.2, 0) is 0 Å². The highest BCUT2D eigenvalue weighted by molar-refractivity contribution is 5.56. The summed E-state index contributed by atoms with van der Waals surface area (Å²) in [4.78, 5) is 11.4. The number of nitrogens with two attached hydrogens (primary N) is 1. The van der Waals surface area contributed by atoms with Gasteiger partial charge in [0, 0.05) is 6.07 Å². The van der Waals surface area contributed by atoms with Gasteiger partial charge in [0.15, 0.2) is 0 Å². The van der Waals surface area contributed by atoms with Crippen molar-refractivity contribution < 1.29 is 4.98 Å². The largest absolute Gasteiger partial charge is 0.384 e. The zero-order valence-corrected chi connectivity index (χ0v) is 7.86. The molecule has 2 rings (SSSR count). The first-order valence-corrected chi connectivity index (χ1v) is 4.33. The highest BCUT2D eigenvalue weighted by Crippen LogP contribution is 2.16. The summed E-state index contributed by atoms with van der Waals surface area (Å²) in [7, 11) is 0. The monoisotopic (exact) mass is 187 g/mol. The van der Waals surface area contributed by atoms with Crippen LogP contribution in [0.2, 0.25) is 0 Å². The predicted molar refractivity (Wildman–Crippen MR) is 53.2 cm³/mol. The molecule has 0 aliphatic carbocycles. The molecule has 4 nitrogen and oxygen atoms in total. The Morgan fingerprint density at radius 3 is 2.86 bits per heavy atom. The molecule has 0 fully saturated rings. The van der Waals surface area contributed by atoms with Crippen molar-refractivity contribution in [1.29, 1.82) is 0 Å². The number of hydrogen-bond donors (Lipinski definition) is 1. The average Bonchev–Trinajstić information content (AvgIpc) is 2.19. The van der Waals surface area contributed by atoms with Gasteiger partial charge in [0.05, 0.1) is 17.5 Å². The summed E-state index contributed by atoms with van der Waals surface area (Å²) < 4.78 is 0. The summed E-state index contributed by atoms with van der Waals surface area (Å²) in [5, 5.41) is 0. The molecule has 0 saturated carbocycles. The summed E-state index contributed by atoms with van der Waals surface area (Å²) in [6.07, 6.45) is 3.57. The number of H-pyrrole nitrogens is 1. The van der Waals surface area contributed by atoms with E-state index in [0.29, 0.717) is 5.82 Å². The molecule has 0 aromatic carbocycles. The maximum Gasteiger partial charge on any atom is 0.329 e. The lowest BCUT2D eigenvalue weighted by atomic mass is 10.2. The molecule has 0 amide bonds. The van der Waals surface area contributed by atoms with Gasteiger partial charge in [0.1, 0.15) is 12.0 Å². The van der Waals surface area contributed by atoms with Gasteiger partial charge in [-0.1, -0.05) is 0 Å². The Kier molecular flexibility index (Phi) is 2.10. The Balaban J connectivity index is 2.53. The summed E-state index contributed by atoms with van der Waals surface area (Å²) in [5.74, 6) is 1.33. The molecule has 0 atom stereocenters. The smallest absolute Gasteiger partial charge is 0.329 e. The molecule has 0 radical (unpaired) electrons. The van der Waals surface area contributed by atoms with E-state index in [2.05, 4.69) is 15.0 Å². The summed E-state index contributed by atoms with van der Waals surface area (Å²) in [5.41, 5.74) is 7.41. The van der Waals surface area contributed by atoms with Crippen LogP contribution in [0.3, 0.4) is 0 Å². The number of pyridine rings is 1. The zero-order chi connectivity index (χ0) is 9.97. The first kappa shape index (κ1) is 8.62. The molecule has 0 aliphatic heterocycles. The fourth-order valence-electron chi connectivity index (χ4n) is 1.30. The minimum atomic E-state index is 0.530. The molecule has 70 valence electrons. The molecule has 4 heteroatoms. The minimum absolute atomic E-state index is 0.530. The second-order valence-corrected chi connectivity index (χ2v) is 3.00. The first-order chi connectivity index (χ1) is 6.77. The van der Waals surface area contributed by atoms with E-state index in [1.807, 2.05) is 25.3 Å². The minimum Gasteiger partial charge on any atom is -0.384 e. The molecule has 3 N–H and O–H groups in total. The fraction of sp³-hybridized carbons (Fsp3) is 0.100. The highest BCUT2D eigenvalue weighted by Gasteiger charge is 2.10. The Morgan fingerprint density at radius 1 is 1.36 bits per heavy atom. The number of nitrogen functional groups attached to an aromatic ring is 1. The van der Waals surface area contributed by atoms with Gasteiger partial charge < -0.3 is 5.73 Å². The van der Waals surface area contributed by atoms with E-state index in [-0.39, 0.29) is 0 Å². The lowest BCUT2D eigenvalue weighted by Gasteiger charge is -1.99. The van der Waals surface area contributed by atoms with Crippen LogP contribution in [0.15, 0.2) is 30.6 Å². The van der Waals surface area contributed by atoms with Gasteiger partial charge in [-0.25, -0.2) is 9.97 Å². The van der Waals surface area contributed by atoms with Crippen molar-refractivity contribution in [3.8, 4) is 11.4 Å². The first-order valence-electron chi connectivity index (χ1n) is 4.33. The van der Waals surface area contributed by atoms with Crippen molar-refractivity contribution in [2.75, 3.05) is 5.73 Å². The van der Waals surface area contributed by atoms with E-state index < -0.39 is 0 Å². The predicted octanol–water partition coefficient (Wildman–Crippen LogP) is 0.848. The van der Waals surface area contributed by atoms with Crippen molar-refractivity contribution in [2.45, 2.75) is 6.92 Å². The van der Waals surface area contributed by atoms with Crippen LogP contribution < -0.4 is 10.7 Å². The SMILES string of the molecule is Cc1nc(N)ccc1-c1nccc[nH+]1. The van der Waals surface area contributed by atoms with E-state index in [1.165, 1.54) is 0 Å². The summed E-state index contributed by atoms with van der Waals surface area (Å²) in [6, 6.07) is 5.52. The van der Waals surface area contributed by atoms with E-state index in [9.17, 15) is 0 Å². The number of nitrogens with zero attached hydrogens (tertiary/aromatic N) is 2. The van der Waals surface area contributed by atoms with Crippen LogP contribution in [0.25, 0.3) is 11.4 Å². The Bertz CT molecular complexity index is 439. The number of hydrogen-bond acceptors (Lipinski definition) is 3. The van der Waals surface area contributed by atoms with E-state index in [4.69, 9.17) is 5.73 Å². The van der Waals surface area contributed by atoms with Gasteiger partial charge in [-0.05, 0) is 24.0 Å². The number of anilines is 1. The Hall–Kier alpha value is -1.97. The third kappa shape index (κ3) is 1.54. The van der Waals surface area contributed by atoms with Crippen molar-refractivity contribution in [3.63, 3.8) is 0 Å². The van der Waals surface area contributed by atoms with Gasteiger partial charge in [0.2, 0.25) is 0 Å². The number of rotatable bonds is 1. The fourth-order valence-corrected chi connectivity index (χ4v) is 1.30.